The van der Waals surface area contributed by atoms with Gasteiger partial charge >= 0.3 is 118 Å². The summed E-state index contributed by atoms with van der Waals surface area (Å²) in [5.41, 5.74) is 0. The Hall–Kier alpha value is 5.36. The second-order valence-corrected chi connectivity index (χ2v) is 0. The Morgan fingerprint density at radius 1 is 1.20 bits per heavy atom. The van der Waals surface area contributed by atoms with Gasteiger partial charge in [0.2, 0.25) is 0 Å². The van der Waals surface area contributed by atoms with Crippen molar-refractivity contribution in [3.8, 4) is 0 Å². The van der Waals surface area contributed by atoms with E-state index in [-0.39, 0.29) is 158 Å². The maximum Gasteiger partial charge on any atom is 0 e. The number of halogens is 2. The van der Waals surface area contributed by atoms with Gasteiger partial charge < -0.3 is 0 Å². The molecule has 0 unspecified atom stereocenters. The normalized spacial score (nSPS) is 1.20. The Kier molecular flexibility index (Phi) is 102. The van der Waals surface area contributed by atoms with Crippen LogP contribution in [-0.2, 0) is 0 Å². The molecule has 0 spiro atoms. The van der Waals surface area contributed by atoms with Gasteiger partial charge in [-0.25, -0.2) is 0 Å². The van der Waals surface area contributed by atoms with Gasteiger partial charge in [-0.05, 0) is 0 Å². The molecule has 0 heterocycles. The van der Waals surface area contributed by atoms with E-state index in [9.17, 15) is 3.56 Å². The summed E-state index contributed by atoms with van der Waals surface area (Å²) in [7, 11) is 0. The molecule has 0 saturated heterocycles. The van der Waals surface area contributed by atoms with Crippen LogP contribution in [0.1, 0.15) is 0 Å². The van der Waals surface area contributed by atoms with Crippen LogP contribution >= 0.6 is 16.4 Å². The molecule has 0 rings (SSSR count). The number of rotatable bonds is 0. The SMILES string of the molecule is FBr.[BaH2].[CsH].[Gd]. The summed E-state index contributed by atoms with van der Waals surface area (Å²) in [6, 6.07) is 0. The van der Waals surface area contributed by atoms with E-state index in [1.165, 1.54) is 16.4 Å². The van der Waals surface area contributed by atoms with E-state index < -0.39 is 0 Å². The fourth-order valence-electron chi connectivity index (χ4n) is 0. The zero-order valence-electron chi connectivity index (χ0n) is 1.11. The van der Waals surface area contributed by atoms with Crippen LogP contribution in [-0.4, -0.2) is 118 Å². The van der Waals surface area contributed by atoms with E-state index >= 15 is 0 Å². The second kappa shape index (κ2) is 22.8. The third kappa shape index (κ3) is 17.6. The van der Waals surface area contributed by atoms with Gasteiger partial charge in [-0.2, -0.15) is 3.56 Å². The standard InChI is InChI=1S/Ba.BrF.Cs.Gd.3H/c;1-2;;;;;. The van der Waals surface area contributed by atoms with Crippen LogP contribution in [0.4, 0.5) is 3.56 Å². The molecule has 0 nitrogen and oxygen atoms in total. The third-order valence-electron chi connectivity index (χ3n) is 0. The topological polar surface area (TPSA) is 0 Å². The molecular weight excluding hydrogens is 526 g/mol. The van der Waals surface area contributed by atoms with Crippen LogP contribution in [0.3, 0.4) is 0 Å². The van der Waals surface area contributed by atoms with Gasteiger partial charge in [-0.15, -0.1) is 0 Å². The van der Waals surface area contributed by atoms with Gasteiger partial charge in [0.05, 0.1) is 0 Å². The Balaban J connectivity index is -0.00000000167. The van der Waals surface area contributed by atoms with Gasteiger partial charge in [0.1, 0.15) is 0 Å². The molecule has 0 aromatic rings. The first-order valence-corrected chi connectivity index (χ1v) is 0.742. The monoisotopic (exact) mass is 530 g/mol. The van der Waals surface area contributed by atoms with E-state index in [4.69, 9.17) is 0 Å². The summed E-state index contributed by atoms with van der Waals surface area (Å²) < 4.78 is 9.31. The quantitative estimate of drug-likeness (QED) is 0.379. The number of hydrogen-bond acceptors (Lipinski definition) is 0. The van der Waals surface area contributed by atoms with Crippen molar-refractivity contribution < 1.29 is 43.5 Å². The van der Waals surface area contributed by atoms with Gasteiger partial charge in [0, 0.05) is 39.9 Å². The van der Waals surface area contributed by atoms with E-state index in [0.717, 1.165) is 0 Å². The first kappa shape index (κ1) is 22.4. The van der Waals surface area contributed by atoms with Crippen molar-refractivity contribution in [2.75, 3.05) is 0 Å². The summed E-state index contributed by atoms with van der Waals surface area (Å²) in [6.07, 6.45) is 0. The first-order valence-electron chi connectivity index (χ1n) is 0.143. The van der Waals surface area contributed by atoms with Gasteiger partial charge in [0.15, 0.2) is 16.4 Å². The van der Waals surface area contributed by atoms with E-state index in [1.54, 1.807) is 0 Å². The molecule has 0 aromatic heterocycles. The smallest absolute Gasteiger partial charge is 0 e. The molecule has 0 amide bonds. The Morgan fingerprint density at radius 2 is 1.20 bits per heavy atom. The summed E-state index contributed by atoms with van der Waals surface area (Å²) in [6.45, 7) is 0. The second-order valence-electron chi connectivity index (χ2n) is 0. The van der Waals surface area contributed by atoms with E-state index in [2.05, 4.69) is 0 Å². The molecule has 0 atom stereocenters. The van der Waals surface area contributed by atoms with Crippen LogP contribution in [0.15, 0.2) is 0 Å². The minimum Gasteiger partial charge on any atom is 0 e. The van der Waals surface area contributed by atoms with E-state index in [1.807, 2.05) is 0 Å². The average molecular weight is 529 g/mol. The summed E-state index contributed by atoms with van der Waals surface area (Å²) in [4.78, 5) is 0. The van der Waals surface area contributed by atoms with Crippen LogP contribution in [0.5, 0.6) is 0 Å². The molecular formula is H3BaBrCsFGd. The summed E-state index contributed by atoms with van der Waals surface area (Å²) in [5, 5.41) is 0. The molecule has 0 saturated carbocycles. The maximum absolute atomic E-state index is 9.31. The molecule has 0 aromatic carbocycles. The summed E-state index contributed by atoms with van der Waals surface area (Å²) >= 11 is 1.44. The van der Waals surface area contributed by atoms with Crippen molar-refractivity contribution in [3.05, 3.63) is 0 Å². The molecule has 0 aliphatic heterocycles. The molecule has 0 bridgehead atoms. The zero-order valence-corrected chi connectivity index (χ0v) is 4.96. The molecule has 28 valence electrons. The molecule has 0 fully saturated rings. The van der Waals surface area contributed by atoms with Crippen molar-refractivity contribution in [1.29, 1.82) is 0 Å². The number of hydrogen-bond donors (Lipinski definition) is 0. The summed E-state index contributed by atoms with van der Waals surface area (Å²) in [5.74, 6) is 0. The minimum atomic E-state index is 0. The molecule has 0 N–H and O–H groups in total. The molecule has 5 heavy (non-hydrogen) atoms. The zero-order chi connectivity index (χ0) is 2.00. The van der Waals surface area contributed by atoms with Crippen molar-refractivity contribution in [2.24, 2.45) is 0 Å². The molecule has 0 aliphatic carbocycles. The molecule has 5 heteroatoms. The predicted molar refractivity (Wildman–Crippen MR) is 25.7 cm³/mol. The van der Waals surface area contributed by atoms with Crippen LogP contribution in [0, 0.1) is 39.9 Å². The fourth-order valence-corrected chi connectivity index (χ4v) is 0. The predicted octanol–water partition coefficient (Wildman–Crippen LogP) is -0.299. The van der Waals surface area contributed by atoms with Crippen LogP contribution < -0.4 is 0 Å². The fraction of sp³-hybridized carbons (Fsp3) is 0. The van der Waals surface area contributed by atoms with Crippen LogP contribution in [0.25, 0.3) is 0 Å². The van der Waals surface area contributed by atoms with Crippen molar-refractivity contribution in [3.63, 3.8) is 0 Å². The van der Waals surface area contributed by atoms with Crippen molar-refractivity contribution in [1.82, 2.24) is 0 Å². The Morgan fingerprint density at radius 3 is 1.20 bits per heavy atom. The largest absolute Gasteiger partial charge is 0 e. The van der Waals surface area contributed by atoms with Gasteiger partial charge in [-0.1, -0.05) is 0 Å². The average Bonchev–Trinajstić information content (AvgIpc) is 1.00. The van der Waals surface area contributed by atoms with Crippen molar-refractivity contribution in [2.45, 2.75) is 0 Å². The first-order chi connectivity index (χ1) is 1.00. The Bertz CT molecular complexity index is 11.6. The maximum atomic E-state index is 9.31. The molecule has 0 radical (unpaired) electrons. The van der Waals surface area contributed by atoms with Crippen LogP contribution in [0.2, 0.25) is 0 Å². The van der Waals surface area contributed by atoms with Gasteiger partial charge in [0.25, 0.3) is 0 Å². The Labute approximate surface area is 171 Å². The van der Waals surface area contributed by atoms with Crippen molar-refractivity contribution >= 4 is 134 Å². The van der Waals surface area contributed by atoms with E-state index in [0.29, 0.717) is 0 Å². The van der Waals surface area contributed by atoms with Gasteiger partial charge in [-0.3, -0.25) is 0 Å². The molecule has 0 aliphatic rings. The third-order valence-corrected chi connectivity index (χ3v) is 0. The minimum absolute atomic E-state index is 0.